The van der Waals surface area contributed by atoms with Gasteiger partial charge in [0.25, 0.3) is 0 Å². The van der Waals surface area contributed by atoms with Gasteiger partial charge in [0.2, 0.25) is 0 Å². The number of hydrogen-bond acceptors (Lipinski definition) is 3. The lowest BCUT2D eigenvalue weighted by Gasteiger charge is -2.24. The number of carbonyl (C=O) groups is 3. The van der Waals surface area contributed by atoms with Gasteiger partial charge in [-0.2, -0.15) is 13.2 Å². The third kappa shape index (κ3) is 3.97. The number of fused-ring (bicyclic) bond motifs is 1. The van der Waals surface area contributed by atoms with E-state index < -0.39 is 29.7 Å². The zero-order chi connectivity index (χ0) is 19.6. The van der Waals surface area contributed by atoms with Crippen molar-refractivity contribution >= 4 is 17.5 Å². The van der Waals surface area contributed by atoms with Gasteiger partial charge in [0.1, 0.15) is 0 Å². The standard InChI is InChI=1S/C20H14F3NO3/c21-20(22,23)19(27)24-16(10-12-6-2-1-3-7-12)15-11-17(25)13-8-4-5-9-14(13)18(15)26/h1-9,11,16H,10H2,(H,24,27). The molecule has 0 saturated heterocycles. The van der Waals surface area contributed by atoms with Crippen LogP contribution in [0.5, 0.6) is 0 Å². The number of halogens is 3. The number of rotatable bonds is 4. The topological polar surface area (TPSA) is 63.2 Å². The van der Waals surface area contributed by atoms with E-state index >= 15 is 0 Å². The fourth-order valence-corrected chi connectivity index (χ4v) is 2.92. The highest BCUT2D eigenvalue weighted by Gasteiger charge is 2.41. The quantitative estimate of drug-likeness (QED) is 0.895. The Morgan fingerprint density at radius 2 is 1.52 bits per heavy atom. The molecule has 27 heavy (non-hydrogen) atoms. The van der Waals surface area contributed by atoms with Gasteiger partial charge in [-0.3, -0.25) is 14.4 Å². The smallest absolute Gasteiger partial charge is 0.341 e. The van der Waals surface area contributed by atoms with Crippen LogP contribution in [0.1, 0.15) is 26.3 Å². The Hall–Kier alpha value is -3.22. The molecule has 3 rings (SSSR count). The van der Waals surface area contributed by atoms with E-state index in [9.17, 15) is 27.6 Å². The van der Waals surface area contributed by atoms with Crippen LogP contribution in [0.3, 0.4) is 0 Å². The summed E-state index contributed by atoms with van der Waals surface area (Å²) in [5.41, 5.74) is 0.747. The van der Waals surface area contributed by atoms with Crippen LogP contribution in [0.25, 0.3) is 0 Å². The Labute approximate surface area is 152 Å². The number of nitrogens with one attached hydrogen (secondary N) is 1. The summed E-state index contributed by atoms with van der Waals surface area (Å²) in [6.45, 7) is 0. The Bertz CT molecular complexity index is 933. The van der Waals surface area contributed by atoms with Gasteiger partial charge in [-0.15, -0.1) is 0 Å². The van der Waals surface area contributed by atoms with Gasteiger partial charge in [-0.05, 0) is 18.1 Å². The van der Waals surface area contributed by atoms with E-state index in [2.05, 4.69) is 0 Å². The van der Waals surface area contributed by atoms with Crippen LogP contribution in [0.4, 0.5) is 13.2 Å². The number of ketones is 2. The zero-order valence-electron chi connectivity index (χ0n) is 13.9. The summed E-state index contributed by atoms with van der Waals surface area (Å²) in [7, 11) is 0. The number of alkyl halides is 3. The largest absolute Gasteiger partial charge is 0.471 e. The minimum atomic E-state index is -5.10. The molecule has 0 fully saturated rings. The molecule has 1 N–H and O–H groups in total. The predicted octanol–water partition coefficient (Wildman–Crippen LogP) is 3.28. The Balaban J connectivity index is 1.98. The van der Waals surface area contributed by atoms with Gasteiger partial charge >= 0.3 is 12.1 Å². The van der Waals surface area contributed by atoms with E-state index in [1.54, 1.807) is 42.5 Å². The normalized spacial score (nSPS) is 15.0. The molecule has 0 bridgehead atoms. The number of carbonyl (C=O) groups excluding carboxylic acids is 3. The van der Waals surface area contributed by atoms with E-state index in [-0.39, 0.29) is 23.1 Å². The van der Waals surface area contributed by atoms with Crippen molar-refractivity contribution < 1.29 is 27.6 Å². The van der Waals surface area contributed by atoms with Crippen molar-refractivity contribution in [1.82, 2.24) is 5.32 Å². The molecule has 1 atom stereocenters. The number of allylic oxidation sites excluding steroid dienone is 1. The second-order valence-corrected chi connectivity index (χ2v) is 6.05. The average Bonchev–Trinajstić information content (AvgIpc) is 2.64. The fourth-order valence-electron chi connectivity index (χ4n) is 2.92. The van der Waals surface area contributed by atoms with Gasteiger partial charge in [0.05, 0.1) is 6.04 Å². The summed E-state index contributed by atoms with van der Waals surface area (Å²) in [5.74, 6) is -3.23. The molecule has 0 aliphatic heterocycles. The lowest BCUT2D eigenvalue weighted by atomic mass is 9.84. The number of amides is 1. The second kappa shape index (κ2) is 7.19. The maximum absolute atomic E-state index is 12.8. The molecule has 1 amide bonds. The lowest BCUT2D eigenvalue weighted by molar-refractivity contribution is -0.174. The average molecular weight is 373 g/mol. The first-order chi connectivity index (χ1) is 12.8. The monoisotopic (exact) mass is 373 g/mol. The fraction of sp³-hybridized carbons (Fsp3) is 0.150. The molecule has 1 aliphatic rings. The van der Waals surface area contributed by atoms with Gasteiger partial charge in [0, 0.05) is 16.7 Å². The van der Waals surface area contributed by atoms with E-state index in [4.69, 9.17) is 0 Å². The molecule has 0 aromatic heterocycles. The second-order valence-electron chi connectivity index (χ2n) is 6.05. The molecular weight excluding hydrogens is 359 g/mol. The van der Waals surface area contributed by atoms with Crippen LogP contribution in [0.15, 0.2) is 66.2 Å². The van der Waals surface area contributed by atoms with Crippen molar-refractivity contribution in [1.29, 1.82) is 0 Å². The number of hydrogen-bond donors (Lipinski definition) is 1. The van der Waals surface area contributed by atoms with Crippen LogP contribution in [0, 0.1) is 0 Å². The molecule has 4 nitrogen and oxygen atoms in total. The Kier molecular flexibility index (Phi) is 4.94. The molecule has 1 unspecified atom stereocenters. The van der Waals surface area contributed by atoms with Crippen LogP contribution in [0.2, 0.25) is 0 Å². The molecule has 7 heteroatoms. The minimum Gasteiger partial charge on any atom is -0.341 e. The van der Waals surface area contributed by atoms with E-state index in [0.717, 1.165) is 6.08 Å². The summed E-state index contributed by atoms with van der Waals surface area (Å²) in [6.07, 6.45) is -4.15. The molecule has 0 radical (unpaired) electrons. The summed E-state index contributed by atoms with van der Waals surface area (Å²) in [4.78, 5) is 36.6. The molecule has 0 heterocycles. The predicted molar refractivity (Wildman–Crippen MR) is 91.3 cm³/mol. The first-order valence-electron chi connectivity index (χ1n) is 8.08. The van der Waals surface area contributed by atoms with Gasteiger partial charge in [0.15, 0.2) is 11.6 Å². The Morgan fingerprint density at radius 1 is 0.926 bits per heavy atom. The Morgan fingerprint density at radius 3 is 2.15 bits per heavy atom. The van der Waals surface area contributed by atoms with Crippen LogP contribution in [-0.4, -0.2) is 29.7 Å². The van der Waals surface area contributed by atoms with Crippen molar-refractivity contribution in [2.75, 3.05) is 0 Å². The first kappa shape index (κ1) is 18.6. The molecular formula is C20H14F3NO3. The molecule has 1 aliphatic carbocycles. The zero-order valence-corrected chi connectivity index (χ0v) is 13.9. The summed E-state index contributed by atoms with van der Waals surface area (Å²) < 4.78 is 38.2. The van der Waals surface area contributed by atoms with Crippen molar-refractivity contribution in [2.24, 2.45) is 0 Å². The third-order valence-corrected chi connectivity index (χ3v) is 4.21. The third-order valence-electron chi connectivity index (χ3n) is 4.21. The van der Waals surface area contributed by atoms with Crippen LogP contribution < -0.4 is 5.32 Å². The molecule has 2 aromatic rings. The van der Waals surface area contributed by atoms with Crippen molar-refractivity contribution in [2.45, 2.75) is 18.6 Å². The summed E-state index contributed by atoms with van der Waals surface area (Å²) >= 11 is 0. The molecule has 2 aromatic carbocycles. The number of benzene rings is 2. The summed E-state index contributed by atoms with van der Waals surface area (Å²) in [6, 6.07) is 13.2. The molecule has 0 spiro atoms. The van der Waals surface area contributed by atoms with Crippen LogP contribution in [-0.2, 0) is 11.2 Å². The lowest BCUT2D eigenvalue weighted by Crippen LogP contribution is -2.46. The highest BCUT2D eigenvalue weighted by atomic mass is 19.4. The van der Waals surface area contributed by atoms with E-state index in [1.807, 2.05) is 5.32 Å². The summed E-state index contributed by atoms with van der Waals surface area (Å²) in [5, 5.41) is 1.85. The minimum absolute atomic E-state index is 0.0598. The van der Waals surface area contributed by atoms with Crippen molar-refractivity contribution in [3.05, 3.63) is 82.9 Å². The highest BCUT2D eigenvalue weighted by molar-refractivity contribution is 6.25. The molecule has 0 saturated carbocycles. The van der Waals surface area contributed by atoms with E-state index in [0.29, 0.717) is 5.56 Å². The maximum Gasteiger partial charge on any atom is 0.471 e. The maximum atomic E-state index is 12.8. The number of Topliss-reactive ketones (excluding diaryl/α,β-unsaturated/α-hetero) is 1. The van der Waals surface area contributed by atoms with Gasteiger partial charge < -0.3 is 5.32 Å². The van der Waals surface area contributed by atoms with Crippen molar-refractivity contribution in [3.63, 3.8) is 0 Å². The van der Waals surface area contributed by atoms with Gasteiger partial charge in [-0.25, -0.2) is 0 Å². The highest BCUT2D eigenvalue weighted by Crippen LogP contribution is 2.25. The molecule has 138 valence electrons. The SMILES string of the molecule is O=C1C=C(C(Cc2ccccc2)NC(=O)C(F)(F)F)C(=O)c2ccccc21. The van der Waals surface area contributed by atoms with Crippen LogP contribution >= 0.6 is 0 Å². The van der Waals surface area contributed by atoms with Gasteiger partial charge in [-0.1, -0.05) is 54.6 Å². The van der Waals surface area contributed by atoms with Crippen molar-refractivity contribution in [3.8, 4) is 0 Å². The van der Waals surface area contributed by atoms with E-state index in [1.165, 1.54) is 12.1 Å². The first-order valence-corrected chi connectivity index (χ1v) is 8.08.